The fourth-order valence-electron chi connectivity index (χ4n) is 7.87. The van der Waals surface area contributed by atoms with E-state index >= 15 is 0 Å². The summed E-state index contributed by atoms with van der Waals surface area (Å²) in [5.41, 5.74) is 9.74. The summed E-state index contributed by atoms with van der Waals surface area (Å²) in [6, 6.07) is 63.3. The van der Waals surface area contributed by atoms with E-state index in [2.05, 4.69) is 138 Å². The summed E-state index contributed by atoms with van der Waals surface area (Å²) in [6.45, 7) is 0. The van der Waals surface area contributed by atoms with Crippen LogP contribution in [-0.2, 0) is 0 Å². The summed E-state index contributed by atoms with van der Waals surface area (Å²) in [7, 11) is 0. The summed E-state index contributed by atoms with van der Waals surface area (Å²) in [4.78, 5) is 15.4. The summed E-state index contributed by atoms with van der Waals surface area (Å²) < 4.78 is 9.04. The normalized spacial score (nSPS) is 11.7. The average molecular weight is 691 g/mol. The zero-order valence-corrected chi connectivity index (χ0v) is 29.0. The lowest BCUT2D eigenvalue weighted by molar-refractivity contribution is 0.669. The second-order valence-electron chi connectivity index (χ2n) is 13.7. The van der Waals surface area contributed by atoms with Crippen molar-refractivity contribution in [1.82, 2.24) is 19.5 Å². The lowest BCUT2D eigenvalue weighted by Crippen LogP contribution is -2.01. The molecule has 0 aliphatic heterocycles. The molecule has 0 saturated carbocycles. The van der Waals surface area contributed by atoms with Gasteiger partial charge in [-0.1, -0.05) is 140 Å². The van der Waals surface area contributed by atoms with E-state index < -0.39 is 0 Å². The number of rotatable bonds is 5. The number of nitrogens with zero attached hydrogens (tertiary/aromatic N) is 4. The molecule has 3 heterocycles. The standard InChI is InChI=1S/C49H30N4O/c1-3-14-31(15-4-1)33-20-13-21-36(26-33)48-50-47(32-16-5-2-6-17-32)51-49(52-48)37-29-43(46-39-23-10-12-25-44(39)54-45(46)30-37)53-41-24-11-9-22-38(41)40-27-34-18-7-8-19-35(34)28-42(40)53/h1-30H. The molecule has 11 rings (SSSR count). The third-order valence-corrected chi connectivity index (χ3v) is 10.4. The maximum atomic E-state index is 6.66. The van der Waals surface area contributed by atoms with Gasteiger partial charge in [0.2, 0.25) is 0 Å². The Morgan fingerprint density at radius 1 is 0.352 bits per heavy atom. The highest BCUT2D eigenvalue weighted by Gasteiger charge is 2.22. The van der Waals surface area contributed by atoms with Gasteiger partial charge in [-0.15, -0.1) is 0 Å². The van der Waals surface area contributed by atoms with Crippen LogP contribution >= 0.6 is 0 Å². The Balaban J connectivity index is 1.21. The second kappa shape index (κ2) is 12.1. The van der Waals surface area contributed by atoms with Gasteiger partial charge in [-0.2, -0.15) is 0 Å². The van der Waals surface area contributed by atoms with Gasteiger partial charge in [0.05, 0.1) is 22.1 Å². The monoisotopic (exact) mass is 690 g/mol. The van der Waals surface area contributed by atoms with E-state index in [0.29, 0.717) is 17.5 Å². The smallest absolute Gasteiger partial charge is 0.164 e. The van der Waals surface area contributed by atoms with Gasteiger partial charge in [0, 0.05) is 32.8 Å². The molecule has 0 radical (unpaired) electrons. The van der Waals surface area contributed by atoms with Crippen molar-refractivity contribution in [3.05, 3.63) is 182 Å². The van der Waals surface area contributed by atoms with E-state index in [9.17, 15) is 0 Å². The van der Waals surface area contributed by atoms with Crippen LogP contribution in [0.5, 0.6) is 0 Å². The van der Waals surface area contributed by atoms with Crippen LogP contribution in [0.4, 0.5) is 0 Å². The van der Waals surface area contributed by atoms with Crippen molar-refractivity contribution in [3.63, 3.8) is 0 Å². The molecule has 5 nitrogen and oxygen atoms in total. The number of fused-ring (bicyclic) bond motifs is 7. The van der Waals surface area contributed by atoms with Gasteiger partial charge in [-0.05, 0) is 64.4 Å². The van der Waals surface area contributed by atoms with Crippen LogP contribution in [0, 0.1) is 0 Å². The molecule has 0 spiro atoms. The van der Waals surface area contributed by atoms with Crippen molar-refractivity contribution in [2.45, 2.75) is 0 Å². The van der Waals surface area contributed by atoms with Gasteiger partial charge in [-0.3, -0.25) is 0 Å². The Bertz CT molecular complexity index is 3220. The van der Waals surface area contributed by atoms with Crippen LogP contribution in [0.2, 0.25) is 0 Å². The highest BCUT2D eigenvalue weighted by Crippen LogP contribution is 2.42. The molecular weight excluding hydrogens is 661 g/mol. The van der Waals surface area contributed by atoms with Crippen molar-refractivity contribution in [2.75, 3.05) is 0 Å². The van der Waals surface area contributed by atoms with Crippen LogP contribution < -0.4 is 0 Å². The molecule has 3 aromatic heterocycles. The minimum Gasteiger partial charge on any atom is -0.456 e. The van der Waals surface area contributed by atoms with Gasteiger partial charge in [-0.25, -0.2) is 15.0 Å². The van der Waals surface area contributed by atoms with Crippen LogP contribution in [0.1, 0.15) is 0 Å². The first-order chi connectivity index (χ1) is 26.7. The predicted octanol–water partition coefficient (Wildman–Crippen LogP) is 12.7. The molecule has 54 heavy (non-hydrogen) atoms. The number of benzene rings is 8. The summed E-state index contributed by atoms with van der Waals surface area (Å²) in [6.07, 6.45) is 0. The second-order valence-corrected chi connectivity index (χ2v) is 13.7. The molecule has 0 aliphatic carbocycles. The highest BCUT2D eigenvalue weighted by molar-refractivity contribution is 6.17. The number of para-hydroxylation sites is 2. The van der Waals surface area contributed by atoms with Gasteiger partial charge in [0.25, 0.3) is 0 Å². The summed E-state index contributed by atoms with van der Waals surface area (Å²) in [5, 5.41) is 6.88. The van der Waals surface area contributed by atoms with Crippen molar-refractivity contribution in [1.29, 1.82) is 0 Å². The molecule has 252 valence electrons. The number of aromatic nitrogens is 4. The van der Waals surface area contributed by atoms with E-state index in [1.165, 1.54) is 21.5 Å². The van der Waals surface area contributed by atoms with Gasteiger partial charge >= 0.3 is 0 Å². The van der Waals surface area contributed by atoms with E-state index in [1.54, 1.807) is 0 Å². The topological polar surface area (TPSA) is 56.7 Å². The maximum Gasteiger partial charge on any atom is 0.164 e. The SMILES string of the molecule is c1ccc(-c2cccc(-c3nc(-c4ccccc4)nc(-c4cc(-n5c6ccccc6c6cc7ccccc7cc65)c5c(c4)oc4ccccc45)n3)c2)cc1. The zero-order chi connectivity index (χ0) is 35.6. The molecule has 8 aromatic carbocycles. The fraction of sp³-hybridized carbons (Fsp3) is 0. The Morgan fingerprint density at radius 2 is 0.944 bits per heavy atom. The molecule has 0 saturated heterocycles. The first-order valence-electron chi connectivity index (χ1n) is 18.1. The molecule has 0 fully saturated rings. The van der Waals surface area contributed by atoms with Crippen LogP contribution in [0.25, 0.3) is 105 Å². The molecule has 0 atom stereocenters. The molecule has 0 unspecified atom stereocenters. The van der Waals surface area contributed by atoms with Crippen LogP contribution in [-0.4, -0.2) is 19.5 Å². The molecule has 11 aromatic rings. The first-order valence-corrected chi connectivity index (χ1v) is 18.1. The third kappa shape index (κ3) is 4.90. The lowest BCUT2D eigenvalue weighted by atomic mass is 10.0. The van der Waals surface area contributed by atoms with E-state index in [-0.39, 0.29) is 0 Å². The maximum absolute atomic E-state index is 6.66. The van der Waals surface area contributed by atoms with Crippen molar-refractivity contribution in [3.8, 4) is 51.0 Å². The molecule has 0 bridgehead atoms. The van der Waals surface area contributed by atoms with E-state index in [0.717, 1.165) is 66.5 Å². The molecule has 0 N–H and O–H groups in total. The fourth-order valence-corrected chi connectivity index (χ4v) is 7.87. The average Bonchev–Trinajstić information content (AvgIpc) is 3.78. The largest absolute Gasteiger partial charge is 0.456 e. The lowest BCUT2D eigenvalue weighted by Gasteiger charge is -2.13. The number of furan rings is 1. The zero-order valence-electron chi connectivity index (χ0n) is 29.0. The first kappa shape index (κ1) is 30.3. The third-order valence-electron chi connectivity index (χ3n) is 10.4. The molecule has 5 heteroatoms. The molecular formula is C49H30N4O. The predicted molar refractivity (Wildman–Crippen MR) is 221 cm³/mol. The Kier molecular flexibility index (Phi) is 6.79. The van der Waals surface area contributed by atoms with Gasteiger partial charge < -0.3 is 8.98 Å². The van der Waals surface area contributed by atoms with E-state index in [4.69, 9.17) is 19.4 Å². The van der Waals surface area contributed by atoms with Crippen molar-refractivity contribution < 1.29 is 4.42 Å². The van der Waals surface area contributed by atoms with Crippen LogP contribution in [0.3, 0.4) is 0 Å². The molecule has 0 aliphatic rings. The number of hydrogen-bond acceptors (Lipinski definition) is 4. The minimum atomic E-state index is 0.568. The molecule has 0 amide bonds. The van der Waals surface area contributed by atoms with Crippen molar-refractivity contribution in [2.24, 2.45) is 0 Å². The van der Waals surface area contributed by atoms with Gasteiger partial charge in [0.15, 0.2) is 17.5 Å². The minimum absolute atomic E-state index is 0.568. The Hall–Kier alpha value is -7.37. The highest BCUT2D eigenvalue weighted by atomic mass is 16.3. The van der Waals surface area contributed by atoms with Gasteiger partial charge in [0.1, 0.15) is 11.2 Å². The number of hydrogen-bond donors (Lipinski definition) is 0. The summed E-state index contributed by atoms with van der Waals surface area (Å²) in [5.74, 6) is 1.78. The summed E-state index contributed by atoms with van der Waals surface area (Å²) >= 11 is 0. The van der Waals surface area contributed by atoms with Crippen LogP contribution in [0.15, 0.2) is 186 Å². The van der Waals surface area contributed by atoms with Crippen molar-refractivity contribution >= 4 is 54.5 Å². The quantitative estimate of drug-likeness (QED) is 0.180. The Morgan fingerprint density at radius 3 is 1.74 bits per heavy atom. The van der Waals surface area contributed by atoms with E-state index in [1.807, 2.05) is 48.5 Å². The Labute approximate surface area is 310 Å².